The summed E-state index contributed by atoms with van der Waals surface area (Å²) in [7, 11) is 1.65. The van der Waals surface area contributed by atoms with Crippen LogP contribution in [0.2, 0.25) is 5.02 Å². The van der Waals surface area contributed by atoms with E-state index in [1.54, 1.807) is 7.11 Å². The monoisotopic (exact) mass is 366 g/mol. The predicted molar refractivity (Wildman–Crippen MR) is 103 cm³/mol. The molecule has 1 aromatic carbocycles. The molecule has 2 rings (SSSR count). The second-order valence-electron chi connectivity index (χ2n) is 7.04. The van der Waals surface area contributed by atoms with Gasteiger partial charge >= 0.3 is 0 Å². The molecule has 0 aromatic heterocycles. The van der Waals surface area contributed by atoms with Crippen molar-refractivity contribution in [1.82, 2.24) is 10.2 Å². The van der Waals surface area contributed by atoms with E-state index >= 15 is 0 Å². The van der Waals surface area contributed by atoms with E-state index in [1.807, 2.05) is 12.1 Å². The summed E-state index contributed by atoms with van der Waals surface area (Å²) in [5.41, 5.74) is 1.34. The van der Waals surface area contributed by atoms with Crippen molar-refractivity contribution >= 4 is 17.5 Å². The van der Waals surface area contributed by atoms with Gasteiger partial charge in [0.25, 0.3) is 0 Å². The first-order chi connectivity index (χ1) is 12.1. The quantitative estimate of drug-likeness (QED) is 0.680. The van der Waals surface area contributed by atoms with Crippen LogP contribution in [-0.2, 0) is 16.0 Å². The molecule has 1 unspecified atom stereocenters. The van der Waals surface area contributed by atoms with Gasteiger partial charge in [-0.2, -0.15) is 0 Å². The van der Waals surface area contributed by atoms with Crippen molar-refractivity contribution in [2.24, 2.45) is 5.92 Å². The van der Waals surface area contributed by atoms with E-state index in [2.05, 4.69) is 29.3 Å². The molecule has 140 valence electrons. The van der Waals surface area contributed by atoms with Crippen LogP contribution in [0.4, 0.5) is 0 Å². The first kappa shape index (κ1) is 20.2. The molecule has 0 aliphatic carbocycles. The number of carbonyl (C=O) groups excluding carboxylic acids is 1. The van der Waals surface area contributed by atoms with Crippen LogP contribution in [0.15, 0.2) is 24.3 Å². The molecule has 0 saturated carbocycles. The molecular formula is C20H31ClN2O2. The van der Waals surface area contributed by atoms with Crippen molar-refractivity contribution in [3.8, 4) is 0 Å². The first-order valence-electron chi connectivity index (χ1n) is 9.32. The van der Waals surface area contributed by atoms with Gasteiger partial charge < -0.3 is 15.0 Å². The van der Waals surface area contributed by atoms with E-state index in [4.69, 9.17) is 16.3 Å². The van der Waals surface area contributed by atoms with Crippen LogP contribution in [0.25, 0.3) is 0 Å². The standard InChI is InChI=1S/C20H31ClN2O2/c1-16(15-18-3-6-19(21)7-4-18)23-12-9-17(10-13-23)5-8-20(24)22-11-14-25-2/h3-4,6-7,16-17H,5,8-15H2,1-2H3,(H,22,24). The van der Waals surface area contributed by atoms with E-state index in [9.17, 15) is 4.79 Å². The number of piperidine rings is 1. The first-order valence-corrected chi connectivity index (χ1v) is 9.70. The van der Waals surface area contributed by atoms with E-state index in [0.717, 1.165) is 31.0 Å². The number of ether oxygens (including phenoxy) is 1. The minimum absolute atomic E-state index is 0.149. The molecule has 1 saturated heterocycles. The van der Waals surface area contributed by atoms with Crippen molar-refractivity contribution < 1.29 is 9.53 Å². The van der Waals surface area contributed by atoms with E-state index in [-0.39, 0.29) is 5.91 Å². The van der Waals surface area contributed by atoms with Crippen LogP contribution in [0, 0.1) is 5.92 Å². The average Bonchev–Trinajstić information content (AvgIpc) is 2.62. The fraction of sp³-hybridized carbons (Fsp3) is 0.650. The lowest BCUT2D eigenvalue weighted by molar-refractivity contribution is -0.121. The minimum atomic E-state index is 0.149. The summed E-state index contributed by atoms with van der Waals surface area (Å²) < 4.78 is 4.94. The molecule has 1 fully saturated rings. The Kier molecular flexibility index (Phi) is 8.73. The Morgan fingerprint density at radius 3 is 2.64 bits per heavy atom. The fourth-order valence-corrected chi connectivity index (χ4v) is 3.62. The number of benzene rings is 1. The Bertz CT molecular complexity index is 513. The van der Waals surface area contributed by atoms with Crippen LogP contribution >= 0.6 is 11.6 Å². The number of carbonyl (C=O) groups is 1. The van der Waals surface area contributed by atoms with Crippen LogP contribution in [0.1, 0.15) is 38.2 Å². The summed E-state index contributed by atoms with van der Waals surface area (Å²) in [5.74, 6) is 0.822. The molecular weight excluding hydrogens is 336 g/mol. The smallest absolute Gasteiger partial charge is 0.220 e. The molecule has 1 aromatic rings. The number of methoxy groups -OCH3 is 1. The topological polar surface area (TPSA) is 41.6 Å². The summed E-state index contributed by atoms with van der Waals surface area (Å²) in [6, 6.07) is 8.71. The third kappa shape index (κ3) is 7.35. The molecule has 1 aliphatic rings. The third-order valence-corrected chi connectivity index (χ3v) is 5.38. The molecule has 1 aliphatic heterocycles. The molecule has 4 nitrogen and oxygen atoms in total. The van der Waals surface area contributed by atoms with Gasteiger partial charge in [0, 0.05) is 31.1 Å². The number of halogens is 1. The number of hydrogen-bond donors (Lipinski definition) is 1. The van der Waals surface area contributed by atoms with Gasteiger partial charge in [0.1, 0.15) is 0 Å². The molecule has 1 heterocycles. The number of likely N-dealkylation sites (tertiary alicyclic amines) is 1. The molecule has 1 amide bonds. The van der Waals surface area contributed by atoms with Crippen LogP contribution < -0.4 is 5.32 Å². The van der Waals surface area contributed by atoms with Gasteiger partial charge in [-0.1, -0.05) is 23.7 Å². The normalized spacial score (nSPS) is 17.4. The molecule has 1 N–H and O–H groups in total. The number of rotatable bonds is 9. The van der Waals surface area contributed by atoms with Gasteiger partial charge in [-0.15, -0.1) is 0 Å². The Balaban J connectivity index is 1.65. The van der Waals surface area contributed by atoms with Crippen molar-refractivity contribution in [3.05, 3.63) is 34.9 Å². The maximum atomic E-state index is 11.8. The Labute approximate surface area is 156 Å². The van der Waals surface area contributed by atoms with Crippen molar-refractivity contribution in [2.75, 3.05) is 33.4 Å². The van der Waals surface area contributed by atoms with Crippen molar-refractivity contribution in [2.45, 2.75) is 45.1 Å². The Hall–Kier alpha value is -1.10. The van der Waals surface area contributed by atoms with Crippen LogP contribution in [0.3, 0.4) is 0 Å². The lowest BCUT2D eigenvalue weighted by Crippen LogP contribution is -2.41. The number of hydrogen-bond acceptors (Lipinski definition) is 3. The maximum Gasteiger partial charge on any atom is 0.220 e. The number of nitrogens with one attached hydrogen (secondary N) is 1. The highest BCUT2D eigenvalue weighted by Crippen LogP contribution is 2.24. The Morgan fingerprint density at radius 1 is 1.32 bits per heavy atom. The highest BCUT2D eigenvalue weighted by atomic mass is 35.5. The third-order valence-electron chi connectivity index (χ3n) is 5.12. The van der Waals surface area contributed by atoms with Gasteiger partial charge in [0.05, 0.1) is 6.61 Å². The van der Waals surface area contributed by atoms with Gasteiger partial charge in [-0.25, -0.2) is 0 Å². The zero-order valence-electron chi connectivity index (χ0n) is 15.5. The summed E-state index contributed by atoms with van der Waals surface area (Å²) in [6.07, 6.45) is 5.07. The SMILES string of the molecule is COCCNC(=O)CCC1CCN(C(C)Cc2ccc(Cl)cc2)CC1. The molecule has 0 spiro atoms. The summed E-state index contributed by atoms with van der Waals surface area (Å²) in [4.78, 5) is 14.3. The molecule has 5 heteroatoms. The fourth-order valence-electron chi connectivity index (χ4n) is 3.49. The molecule has 1 atom stereocenters. The van der Waals surface area contributed by atoms with Crippen LogP contribution in [-0.4, -0.2) is 50.2 Å². The number of amides is 1. The second-order valence-corrected chi connectivity index (χ2v) is 7.48. The van der Waals surface area contributed by atoms with Gasteiger partial charge in [0.2, 0.25) is 5.91 Å². The van der Waals surface area contributed by atoms with Crippen LogP contribution in [0.5, 0.6) is 0 Å². The largest absolute Gasteiger partial charge is 0.383 e. The second kappa shape index (κ2) is 10.8. The maximum absolute atomic E-state index is 11.8. The summed E-state index contributed by atoms with van der Waals surface area (Å²) in [5, 5.41) is 3.69. The summed E-state index contributed by atoms with van der Waals surface area (Å²) in [6.45, 7) is 5.75. The number of nitrogens with zero attached hydrogens (tertiary/aromatic N) is 1. The van der Waals surface area contributed by atoms with Gasteiger partial charge in [-0.3, -0.25) is 4.79 Å². The predicted octanol–water partition coefficient (Wildman–Crippen LogP) is 3.53. The molecule has 25 heavy (non-hydrogen) atoms. The lowest BCUT2D eigenvalue weighted by atomic mass is 9.91. The average molecular weight is 367 g/mol. The highest BCUT2D eigenvalue weighted by Gasteiger charge is 2.23. The van der Waals surface area contributed by atoms with E-state index in [0.29, 0.717) is 31.5 Å². The lowest BCUT2D eigenvalue weighted by Gasteiger charge is -2.36. The minimum Gasteiger partial charge on any atom is -0.383 e. The molecule has 0 bridgehead atoms. The van der Waals surface area contributed by atoms with E-state index < -0.39 is 0 Å². The zero-order valence-corrected chi connectivity index (χ0v) is 16.2. The van der Waals surface area contributed by atoms with E-state index in [1.165, 1.54) is 18.4 Å². The van der Waals surface area contributed by atoms with Gasteiger partial charge in [0.15, 0.2) is 0 Å². The Morgan fingerprint density at radius 2 is 2.00 bits per heavy atom. The van der Waals surface area contributed by atoms with Crippen molar-refractivity contribution in [3.63, 3.8) is 0 Å². The van der Waals surface area contributed by atoms with Gasteiger partial charge in [-0.05, 0) is 69.3 Å². The van der Waals surface area contributed by atoms with Crippen molar-refractivity contribution in [1.29, 1.82) is 0 Å². The highest BCUT2D eigenvalue weighted by molar-refractivity contribution is 6.30. The zero-order chi connectivity index (χ0) is 18.1. The summed E-state index contributed by atoms with van der Waals surface area (Å²) >= 11 is 5.96. The molecule has 0 radical (unpaired) electrons.